The van der Waals surface area contributed by atoms with Crippen LogP contribution in [0.2, 0.25) is 0 Å². The molecule has 1 aromatic rings. The van der Waals surface area contributed by atoms with Crippen molar-refractivity contribution in [3.63, 3.8) is 0 Å². The van der Waals surface area contributed by atoms with Crippen molar-refractivity contribution in [3.05, 3.63) is 11.3 Å². The number of hydrogen-bond acceptors (Lipinski definition) is 6. The van der Waals surface area contributed by atoms with Gasteiger partial charge >= 0.3 is 0 Å². The average Bonchev–Trinajstić information content (AvgIpc) is 2.50. The predicted molar refractivity (Wildman–Crippen MR) is 95.4 cm³/mol. The van der Waals surface area contributed by atoms with Crippen LogP contribution in [-0.4, -0.2) is 74.4 Å². The van der Waals surface area contributed by atoms with Gasteiger partial charge < -0.3 is 19.8 Å². The molecule has 2 rings (SSSR count). The van der Waals surface area contributed by atoms with Crippen LogP contribution in [0.1, 0.15) is 24.1 Å². The Morgan fingerprint density at radius 1 is 1.09 bits per heavy atom. The van der Waals surface area contributed by atoms with Crippen LogP contribution in [0.3, 0.4) is 0 Å². The second-order valence-electron chi connectivity index (χ2n) is 7.33. The molecule has 0 atom stereocenters. The molecule has 1 saturated heterocycles. The zero-order valence-electron chi connectivity index (χ0n) is 15.4. The molecule has 1 N–H and O–H groups in total. The van der Waals surface area contributed by atoms with Crippen LogP contribution < -0.4 is 9.80 Å². The molecule has 1 aliphatic heterocycles. The van der Waals surface area contributed by atoms with Crippen molar-refractivity contribution in [2.75, 3.05) is 64.2 Å². The summed E-state index contributed by atoms with van der Waals surface area (Å²) >= 11 is 0. The molecule has 6 heteroatoms. The third kappa shape index (κ3) is 3.93. The molecule has 0 bridgehead atoms. The van der Waals surface area contributed by atoms with Gasteiger partial charge in [-0.2, -0.15) is 4.98 Å². The monoisotopic (exact) mass is 321 g/mol. The quantitative estimate of drug-likeness (QED) is 0.882. The van der Waals surface area contributed by atoms with Gasteiger partial charge in [-0.25, -0.2) is 4.98 Å². The summed E-state index contributed by atoms with van der Waals surface area (Å²) in [5.74, 6) is 1.80. The lowest BCUT2D eigenvalue weighted by atomic mass is 9.78. The lowest BCUT2D eigenvalue weighted by Crippen LogP contribution is -2.47. The fourth-order valence-corrected chi connectivity index (χ4v) is 3.34. The normalized spacial score (nSPS) is 17.7. The fraction of sp³-hybridized carbons (Fsp3) is 0.765. The van der Waals surface area contributed by atoms with E-state index in [9.17, 15) is 5.11 Å². The van der Waals surface area contributed by atoms with E-state index in [1.54, 1.807) is 0 Å². The van der Waals surface area contributed by atoms with Crippen molar-refractivity contribution in [2.45, 2.75) is 26.7 Å². The van der Waals surface area contributed by atoms with Crippen LogP contribution in [0.25, 0.3) is 0 Å². The molecular formula is C17H31N5O. The lowest BCUT2D eigenvalue weighted by molar-refractivity contribution is 0.0675. The van der Waals surface area contributed by atoms with Crippen molar-refractivity contribution >= 4 is 11.8 Å². The van der Waals surface area contributed by atoms with E-state index in [-0.39, 0.29) is 12.0 Å². The summed E-state index contributed by atoms with van der Waals surface area (Å²) < 4.78 is 0. The zero-order chi connectivity index (χ0) is 17.2. The molecule has 1 aromatic heterocycles. The van der Waals surface area contributed by atoms with Gasteiger partial charge in [0.05, 0.1) is 6.61 Å². The highest BCUT2D eigenvalue weighted by atomic mass is 16.3. The van der Waals surface area contributed by atoms with Crippen LogP contribution in [0.5, 0.6) is 0 Å². The molecule has 1 aliphatic rings. The first kappa shape index (κ1) is 17.9. The highest BCUT2D eigenvalue weighted by molar-refractivity contribution is 5.52. The lowest BCUT2D eigenvalue weighted by Gasteiger charge is -2.43. The number of rotatable bonds is 5. The van der Waals surface area contributed by atoms with E-state index < -0.39 is 0 Å². The van der Waals surface area contributed by atoms with Crippen LogP contribution >= 0.6 is 0 Å². The molecular weight excluding hydrogens is 290 g/mol. The summed E-state index contributed by atoms with van der Waals surface area (Å²) in [5, 5.41) is 9.89. The third-order valence-electron chi connectivity index (χ3n) is 4.86. The number of aliphatic hydroxyl groups excluding tert-OH is 1. The number of piperidine rings is 1. The third-order valence-corrected chi connectivity index (χ3v) is 4.86. The summed E-state index contributed by atoms with van der Waals surface area (Å²) in [7, 11) is 8.09. The molecule has 0 amide bonds. The number of aromatic nitrogens is 2. The minimum atomic E-state index is 0.0142. The molecule has 23 heavy (non-hydrogen) atoms. The Morgan fingerprint density at radius 3 is 2.17 bits per heavy atom. The molecule has 0 aromatic carbocycles. The standard InChI is InChI=1S/C17H31N5O/c1-13-14(2)18-16(21(5)6)19-15(13)22-9-7-17(12-23,8-10-22)11-20(3)4/h23H,7-12H2,1-6H3. The van der Waals surface area contributed by atoms with Gasteiger partial charge in [0, 0.05) is 50.4 Å². The Labute approximate surface area is 140 Å². The molecule has 1 fully saturated rings. The molecule has 0 saturated carbocycles. The molecule has 130 valence electrons. The first-order chi connectivity index (χ1) is 10.8. The number of hydrogen-bond donors (Lipinski definition) is 1. The highest BCUT2D eigenvalue weighted by Gasteiger charge is 2.35. The Hall–Kier alpha value is -1.40. The van der Waals surface area contributed by atoms with Crippen LogP contribution in [-0.2, 0) is 0 Å². The van der Waals surface area contributed by atoms with Crippen molar-refractivity contribution in [2.24, 2.45) is 5.41 Å². The van der Waals surface area contributed by atoms with Gasteiger partial charge in [-0.05, 0) is 40.8 Å². The maximum Gasteiger partial charge on any atom is 0.227 e. The zero-order valence-corrected chi connectivity index (χ0v) is 15.4. The summed E-state index contributed by atoms with van der Waals surface area (Å²) in [6.45, 7) is 7.18. The molecule has 2 heterocycles. The number of aryl methyl sites for hydroxylation is 1. The van der Waals surface area contributed by atoms with E-state index in [2.05, 4.69) is 35.8 Å². The van der Waals surface area contributed by atoms with Crippen LogP contribution in [0.4, 0.5) is 11.8 Å². The van der Waals surface area contributed by atoms with Crippen LogP contribution in [0.15, 0.2) is 0 Å². The number of anilines is 2. The molecule has 0 unspecified atom stereocenters. The van der Waals surface area contributed by atoms with Crippen molar-refractivity contribution in [1.82, 2.24) is 14.9 Å². The van der Waals surface area contributed by atoms with Gasteiger partial charge in [-0.3, -0.25) is 0 Å². The minimum absolute atomic E-state index is 0.0142. The Kier molecular flexibility index (Phi) is 5.47. The minimum Gasteiger partial charge on any atom is -0.396 e. The maximum atomic E-state index is 9.89. The molecule has 0 aliphatic carbocycles. The van der Waals surface area contributed by atoms with Gasteiger partial charge in [0.1, 0.15) is 5.82 Å². The first-order valence-corrected chi connectivity index (χ1v) is 8.31. The Bertz CT molecular complexity index is 536. The Balaban J connectivity index is 2.19. The topological polar surface area (TPSA) is 55.7 Å². The molecule has 6 nitrogen and oxygen atoms in total. The van der Waals surface area contributed by atoms with Gasteiger partial charge in [-0.1, -0.05) is 0 Å². The predicted octanol–water partition coefficient (Wildman–Crippen LogP) is 1.30. The van der Waals surface area contributed by atoms with Crippen LogP contribution in [0, 0.1) is 19.3 Å². The number of nitrogens with zero attached hydrogens (tertiary/aromatic N) is 5. The summed E-state index contributed by atoms with van der Waals surface area (Å²) in [5.41, 5.74) is 2.20. The van der Waals surface area contributed by atoms with Gasteiger partial charge in [0.25, 0.3) is 0 Å². The highest BCUT2D eigenvalue weighted by Crippen LogP contribution is 2.34. The van der Waals surface area contributed by atoms with Gasteiger partial charge in [0.2, 0.25) is 5.95 Å². The average molecular weight is 321 g/mol. The second kappa shape index (κ2) is 7.01. The van der Waals surface area contributed by atoms with Crippen molar-refractivity contribution in [3.8, 4) is 0 Å². The first-order valence-electron chi connectivity index (χ1n) is 8.31. The summed E-state index contributed by atoms with van der Waals surface area (Å²) in [4.78, 5) is 15.8. The van der Waals surface area contributed by atoms with E-state index >= 15 is 0 Å². The Morgan fingerprint density at radius 2 is 1.70 bits per heavy atom. The SMILES string of the molecule is Cc1nc(N(C)C)nc(N2CCC(CO)(CN(C)C)CC2)c1C. The summed E-state index contributed by atoms with van der Waals surface area (Å²) in [6, 6.07) is 0. The van der Waals surface area contributed by atoms with E-state index in [0.717, 1.165) is 55.5 Å². The van der Waals surface area contributed by atoms with E-state index in [1.165, 1.54) is 0 Å². The van der Waals surface area contributed by atoms with Gasteiger partial charge in [0.15, 0.2) is 0 Å². The van der Waals surface area contributed by atoms with E-state index in [0.29, 0.717) is 0 Å². The van der Waals surface area contributed by atoms with E-state index in [1.807, 2.05) is 25.9 Å². The summed E-state index contributed by atoms with van der Waals surface area (Å²) in [6.07, 6.45) is 1.98. The van der Waals surface area contributed by atoms with E-state index in [4.69, 9.17) is 4.98 Å². The molecule has 0 radical (unpaired) electrons. The largest absolute Gasteiger partial charge is 0.396 e. The van der Waals surface area contributed by atoms with Crippen molar-refractivity contribution < 1.29 is 5.11 Å². The maximum absolute atomic E-state index is 9.89. The smallest absolute Gasteiger partial charge is 0.227 e. The van der Waals surface area contributed by atoms with Gasteiger partial charge in [-0.15, -0.1) is 0 Å². The fourth-order valence-electron chi connectivity index (χ4n) is 3.34. The molecule has 0 spiro atoms. The second-order valence-corrected chi connectivity index (χ2v) is 7.33. The van der Waals surface area contributed by atoms with Crippen molar-refractivity contribution in [1.29, 1.82) is 0 Å². The number of aliphatic hydroxyl groups is 1.